The molecule has 0 saturated heterocycles. The lowest BCUT2D eigenvalue weighted by Crippen LogP contribution is -1.70. The molecule has 1 radical (unpaired) electrons. The summed E-state index contributed by atoms with van der Waals surface area (Å²) in [5, 5.41) is 0. The highest BCUT2D eigenvalue weighted by molar-refractivity contribution is 7.27. The highest BCUT2D eigenvalue weighted by Crippen LogP contribution is 2.06. The van der Waals surface area contributed by atoms with Crippen LogP contribution in [0.2, 0.25) is 0 Å². The Bertz CT molecular complexity index is 150. The fourth-order valence-corrected chi connectivity index (χ4v) is 1.02. The van der Waals surface area contributed by atoms with Crippen molar-refractivity contribution in [2.24, 2.45) is 0 Å². The highest BCUT2D eigenvalue weighted by atomic mass is 31.0. The Kier molecular flexibility index (Phi) is 1.99. The van der Waals surface area contributed by atoms with Crippen LogP contribution in [0.3, 0.4) is 0 Å². The van der Waals surface area contributed by atoms with Crippen LogP contribution in [-0.2, 0) is 6.67 Å². The fraction of sp³-hybridized carbons (Fsp3) is 0.167. The van der Waals surface area contributed by atoms with E-state index >= 15 is 0 Å². The van der Waals surface area contributed by atoms with Gasteiger partial charge in [-0.3, -0.25) is 0 Å². The van der Waals surface area contributed by atoms with E-state index in [4.69, 9.17) is 0 Å². The van der Waals surface area contributed by atoms with Gasteiger partial charge in [0.05, 0.1) is 0 Å². The molecule has 0 N–H and O–H groups in total. The van der Waals surface area contributed by atoms with Crippen LogP contribution >= 0.6 is 8.19 Å². The molecule has 0 saturated carbocycles. The van der Waals surface area contributed by atoms with Crippen LogP contribution in [0.4, 0.5) is 4.39 Å². The first-order valence-electron chi connectivity index (χ1n) is 2.30. The van der Waals surface area contributed by atoms with E-state index in [1.807, 2.05) is 5.80 Å². The van der Waals surface area contributed by atoms with Crippen molar-refractivity contribution in [2.75, 3.05) is 0 Å². The molecule has 0 aromatic carbocycles. The molecule has 0 aliphatic carbocycles. The number of halogens is 1. The third-order valence-corrected chi connectivity index (χ3v) is 1.42. The van der Waals surface area contributed by atoms with Crippen LogP contribution in [0.15, 0.2) is 17.9 Å². The van der Waals surface area contributed by atoms with Gasteiger partial charge in [0.1, 0.15) is 6.67 Å². The molecule has 8 heavy (non-hydrogen) atoms. The molecule has 2 heteroatoms. The van der Waals surface area contributed by atoms with Gasteiger partial charge in [-0.05, 0) is 17.4 Å². The second-order valence-corrected chi connectivity index (χ2v) is 2.24. The van der Waals surface area contributed by atoms with E-state index in [1.165, 1.54) is 0 Å². The summed E-state index contributed by atoms with van der Waals surface area (Å²) < 4.78 is 11.7. The summed E-state index contributed by atoms with van der Waals surface area (Å²) in [5.41, 5.74) is 0.712. The molecular weight excluding hydrogens is 122 g/mol. The van der Waals surface area contributed by atoms with E-state index in [9.17, 15) is 4.39 Å². The van der Waals surface area contributed by atoms with Gasteiger partial charge in [-0.2, -0.15) is 0 Å². The number of hydrogen-bond acceptors (Lipinski definition) is 0. The average Bonchev–Trinajstić information content (AvgIpc) is 1.90. The van der Waals surface area contributed by atoms with Crippen LogP contribution in [-0.4, -0.2) is 0 Å². The summed E-state index contributed by atoms with van der Waals surface area (Å²) in [7, 11) is 1.03. The predicted octanol–water partition coefficient (Wildman–Crippen LogP) is 2.54. The van der Waals surface area contributed by atoms with Crippen molar-refractivity contribution in [1.29, 1.82) is 0 Å². The van der Waals surface area contributed by atoms with Crippen molar-refractivity contribution in [3.05, 3.63) is 29.3 Å². The lowest BCUT2D eigenvalue weighted by atomic mass is 10.3. The minimum Gasteiger partial charge on any atom is -0.246 e. The van der Waals surface area contributed by atoms with Gasteiger partial charge in [0.15, 0.2) is 0 Å². The van der Waals surface area contributed by atoms with Crippen LogP contribution in [0.25, 0.3) is 0 Å². The summed E-state index contributed by atoms with van der Waals surface area (Å²) in [6.45, 7) is -0.376. The summed E-state index contributed by atoms with van der Waals surface area (Å²) in [6, 6.07) is 3.46. The van der Waals surface area contributed by atoms with Gasteiger partial charge < -0.3 is 0 Å². The Morgan fingerprint density at radius 2 is 2.62 bits per heavy atom. The van der Waals surface area contributed by atoms with Gasteiger partial charge >= 0.3 is 0 Å². The van der Waals surface area contributed by atoms with Crippen molar-refractivity contribution in [3.63, 3.8) is 0 Å². The van der Waals surface area contributed by atoms with E-state index in [-0.39, 0.29) is 6.67 Å². The maximum Gasteiger partial charge on any atom is 0.115 e. The molecule has 0 atom stereocenters. The zero-order valence-electron chi connectivity index (χ0n) is 4.26. The van der Waals surface area contributed by atoms with Gasteiger partial charge in [0.25, 0.3) is 0 Å². The number of hydrogen-bond donors (Lipinski definition) is 0. The molecule has 41 valence electrons. The van der Waals surface area contributed by atoms with E-state index < -0.39 is 0 Å². The quantitative estimate of drug-likeness (QED) is 0.543. The first kappa shape index (κ1) is 5.71. The van der Waals surface area contributed by atoms with Crippen molar-refractivity contribution >= 4 is 8.19 Å². The largest absolute Gasteiger partial charge is 0.246 e. The molecule has 0 fully saturated rings. The number of rotatable bonds is 1. The average molecular weight is 127 g/mol. The lowest BCUT2D eigenvalue weighted by molar-refractivity contribution is 0.485. The maximum absolute atomic E-state index is 11.7. The molecule has 0 aliphatic rings. The minimum absolute atomic E-state index is 0.376. The molecule has 1 aromatic heterocycles. The fourth-order valence-electron chi connectivity index (χ4n) is 0.427. The zero-order valence-corrected chi connectivity index (χ0v) is 5.16. The smallest absolute Gasteiger partial charge is 0.115 e. The molecule has 1 heterocycles. The van der Waals surface area contributed by atoms with E-state index in [0.717, 1.165) is 8.19 Å². The highest BCUT2D eigenvalue weighted by Gasteiger charge is 1.83. The summed E-state index contributed by atoms with van der Waals surface area (Å²) in [4.78, 5) is 0. The standard InChI is InChI=1S/C6H5FP/c7-5-6-1-3-8-4-2-6/h1-3H,5H2. The van der Waals surface area contributed by atoms with Crippen molar-refractivity contribution in [2.45, 2.75) is 6.67 Å². The van der Waals surface area contributed by atoms with Gasteiger partial charge in [-0.25, -0.2) is 4.39 Å². The Morgan fingerprint density at radius 1 is 1.75 bits per heavy atom. The topological polar surface area (TPSA) is 0 Å². The number of alkyl halides is 1. The van der Waals surface area contributed by atoms with E-state index in [2.05, 4.69) is 5.80 Å². The third kappa shape index (κ3) is 1.28. The minimum atomic E-state index is -0.376. The molecule has 0 unspecified atom stereocenters. The van der Waals surface area contributed by atoms with Gasteiger partial charge in [0, 0.05) is 5.80 Å². The van der Waals surface area contributed by atoms with Crippen LogP contribution < -0.4 is 0 Å². The van der Waals surface area contributed by atoms with Gasteiger partial charge in [-0.15, -0.1) is 0 Å². The Balaban J connectivity index is 2.83. The van der Waals surface area contributed by atoms with Crippen molar-refractivity contribution in [3.8, 4) is 0 Å². The van der Waals surface area contributed by atoms with E-state index in [0.29, 0.717) is 5.56 Å². The van der Waals surface area contributed by atoms with Crippen LogP contribution in [0.1, 0.15) is 5.56 Å². The first-order valence-corrected chi connectivity index (χ1v) is 3.27. The summed E-state index contributed by atoms with van der Waals surface area (Å²) in [5.74, 6) is 4.74. The monoisotopic (exact) mass is 127 g/mol. The normalized spacial score (nSPS) is 9.12. The van der Waals surface area contributed by atoms with E-state index in [1.54, 1.807) is 12.1 Å². The molecule has 0 spiro atoms. The zero-order chi connectivity index (χ0) is 5.82. The lowest BCUT2D eigenvalue weighted by Gasteiger charge is -1.86. The Labute approximate surface area is 49.5 Å². The van der Waals surface area contributed by atoms with Crippen LogP contribution in [0.5, 0.6) is 0 Å². The molecule has 0 nitrogen and oxygen atoms in total. The molecule has 0 bridgehead atoms. The van der Waals surface area contributed by atoms with Crippen molar-refractivity contribution < 1.29 is 4.39 Å². The van der Waals surface area contributed by atoms with Gasteiger partial charge in [0.2, 0.25) is 0 Å². The predicted molar refractivity (Wildman–Crippen MR) is 32.6 cm³/mol. The molecule has 1 rings (SSSR count). The van der Waals surface area contributed by atoms with Crippen LogP contribution in [0, 0.1) is 5.80 Å². The Morgan fingerprint density at radius 3 is 3.00 bits per heavy atom. The maximum atomic E-state index is 11.7. The van der Waals surface area contributed by atoms with Gasteiger partial charge in [-0.1, -0.05) is 14.3 Å². The second-order valence-electron chi connectivity index (χ2n) is 1.43. The summed E-state index contributed by atoms with van der Waals surface area (Å²) >= 11 is 0. The SMILES string of the molecule is FCc1c[c]pcc1. The molecular formula is C6H5FP. The molecule has 1 aromatic rings. The molecule has 0 amide bonds. The second kappa shape index (κ2) is 2.78. The summed E-state index contributed by atoms with van der Waals surface area (Å²) in [6.07, 6.45) is 0. The van der Waals surface area contributed by atoms with Crippen molar-refractivity contribution in [1.82, 2.24) is 0 Å². The first-order chi connectivity index (χ1) is 3.93. The third-order valence-electron chi connectivity index (χ3n) is 0.842. The Hall–Kier alpha value is -0.420. The molecule has 0 aliphatic heterocycles.